The number of azo groups is 1. The molecule has 0 atom stereocenters. The van der Waals surface area contributed by atoms with Crippen LogP contribution in [0, 0.1) is 11.3 Å². The molecule has 0 aliphatic carbocycles. The van der Waals surface area contributed by atoms with E-state index in [-0.39, 0.29) is 66.9 Å². The van der Waals surface area contributed by atoms with E-state index in [0.29, 0.717) is 5.75 Å². The zero-order valence-electron chi connectivity index (χ0n) is 21.9. The van der Waals surface area contributed by atoms with Gasteiger partial charge in [-0.25, -0.2) is 13.1 Å². The van der Waals surface area contributed by atoms with E-state index in [1.165, 1.54) is 31.4 Å². The Kier molecular flexibility index (Phi) is 10.9. The molecule has 1 aromatic heterocycles. The summed E-state index contributed by atoms with van der Waals surface area (Å²) in [5, 5.41) is 37.1. The number of hydrogen-bond acceptors (Lipinski definition) is 11. The van der Waals surface area contributed by atoms with Gasteiger partial charge >= 0.3 is 0 Å². The molecule has 0 saturated heterocycles. The lowest BCUT2D eigenvalue weighted by atomic mass is 10.1. The number of aliphatic hydroxyl groups is 1. The van der Waals surface area contributed by atoms with Crippen molar-refractivity contribution in [3.8, 4) is 17.7 Å². The smallest absolute Gasteiger partial charge is 0.281 e. The van der Waals surface area contributed by atoms with Gasteiger partial charge in [0.25, 0.3) is 5.56 Å². The minimum absolute atomic E-state index is 0.00155. The van der Waals surface area contributed by atoms with E-state index < -0.39 is 21.5 Å². The fraction of sp³-hybridized carbons (Fsp3) is 0.308. The van der Waals surface area contributed by atoms with E-state index in [0.717, 1.165) is 10.1 Å². The summed E-state index contributed by atoms with van der Waals surface area (Å²) in [6.45, 7) is -0.409. The van der Waals surface area contributed by atoms with Gasteiger partial charge in [-0.2, -0.15) is 10.4 Å². The standard InChI is InChI=1S/C26H29N5O8S/c1-37-17-23-22(15-27)25(33)31(11-13-39-14-12-32)26(34)24(23)30-29-19-5-9-21(10-6-19)40(35,36)28-16-18-3-7-20(38-2)8-4-18/h3-10,28,32-33H,11-14,16-17H2,1-2H3. The molecule has 0 aliphatic rings. The highest BCUT2D eigenvalue weighted by Crippen LogP contribution is 2.28. The summed E-state index contributed by atoms with van der Waals surface area (Å²) in [5.41, 5.74) is -0.134. The molecule has 0 aliphatic heterocycles. The molecule has 3 rings (SSSR count). The first kappa shape index (κ1) is 30.4. The van der Waals surface area contributed by atoms with Crippen LogP contribution in [0.3, 0.4) is 0 Å². The number of ether oxygens (including phenoxy) is 3. The lowest BCUT2D eigenvalue weighted by Gasteiger charge is -2.14. The van der Waals surface area contributed by atoms with Crippen LogP contribution in [0.15, 0.2) is 68.4 Å². The molecule has 0 unspecified atom stereocenters. The maximum atomic E-state index is 13.1. The Hall–Kier alpha value is -4.13. The minimum Gasteiger partial charge on any atom is -0.497 e. The number of nitriles is 1. The molecule has 0 saturated carbocycles. The molecule has 14 heteroatoms. The summed E-state index contributed by atoms with van der Waals surface area (Å²) < 4.78 is 44.3. The molecular weight excluding hydrogens is 542 g/mol. The van der Waals surface area contributed by atoms with Gasteiger partial charge in [0.1, 0.15) is 17.4 Å². The number of nitrogens with zero attached hydrogens (tertiary/aromatic N) is 4. The first-order valence-electron chi connectivity index (χ1n) is 12.0. The summed E-state index contributed by atoms with van der Waals surface area (Å²) in [7, 11) is -0.926. The monoisotopic (exact) mass is 571 g/mol. The summed E-state index contributed by atoms with van der Waals surface area (Å²) >= 11 is 0. The molecule has 1 heterocycles. The molecule has 3 N–H and O–H groups in total. The topological polar surface area (TPSA) is 185 Å². The molecule has 212 valence electrons. The van der Waals surface area contributed by atoms with Crippen LogP contribution in [0.4, 0.5) is 11.4 Å². The Morgan fingerprint density at radius 3 is 2.35 bits per heavy atom. The highest BCUT2D eigenvalue weighted by molar-refractivity contribution is 7.89. The number of aromatic nitrogens is 1. The summed E-state index contributed by atoms with van der Waals surface area (Å²) in [4.78, 5) is 13.1. The lowest BCUT2D eigenvalue weighted by Crippen LogP contribution is -2.25. The predicted molar refractivity (Wildman–Crippen MR) is 143 cm³/mol. The van der Waals surface area contributed by atoms with E-state index in [2.05, 4.69) is 15.0 Å². The van der Waals surface area contributed by atoms with E-state index in [4.69, 9.17) is 19.3 Å². The maximum Gasteiger partial charge on any atom is 0.281 e. The average Bonchev–Trinajstić information content (AvgIpc) is 2.96. The molecule has 2 aromatic carbocycles. The van der Waals surface area contributed by atoms with Gasteiger partial charge in [-0.3, -0.25) is 9.36 Å². The van der Waals surface area contributed by atoms with Crippen molar-refractivity contribution >= 4 is 21.4 Å². The second kappa shape index (κ2) is 14.3. The highest BCUT2D eigenvalue weighted by Gasteiger charge is 2.22. The number of pyridine rings is 1. The fourth-order valence-corrected chi connectivity index (χ4v) is 4.60. The first-order valence-corrected chi connectivity index (χ1v) is 13.4. The minimum atomic E-state index is -3.83. The number of aromatic hydroxyl groups is 1. The van der Waals surface area contributed by atoms with Crippen molar-refractivity contribution in [2.75, 3.05) is 34.0 Å². The predicted octanol–water partition coefficient (Wildman–Crippen LogP) is 2.48. The van der Waals surface area contributed by atoms with Gasteiger partial charge in [0, 0.05) is 19.2 Å². The molecular formula is C26H29N5O8S. The number of sulfonamides is 1. The van der Waals surface area contributed by atoms with Crippen LogP contribution in [-0.4, -0.2) is 57.2 Å². The Morgan fingerprint density at radius 2 is 1.75 bits per heavy atom. The fourth-order valence-electron chi connectivity index (χ4n) is 3.58. The number of methoxy groups -OCH3 is 2. The molecule has 13 nitrogen and oxygen atoms in total. The van der Waals surface area contributed by atoms with Crippen molar-refractivity contribution in [1.82, 2.24) is 9.29 Å². The van der Waals surface area contributed by atoms with Crippen molar-refractivity contribution in [2.45, 2.75) is 24.6 Å². The van der Waals surface area contributed by atoms with Gasteiger partial charge < -0.3 is 24.4 Å². The third kappa shape index (κ3) is 7.50. The summed E-state index contributed by atoms with van der Waals surface area (Å²) in [6, 6.07) is 14.3. The molecule has 40 heavy (non-hydrogen) atoms. The zero-order chi connectivity index (χ0) is 29.1. The van der Waals surface area contributed by atoms with Crippen LogP contribution >= 0.6 is 0 Å². The molecule has 3 aromatic rings. The molecule has 0 spiro atoms. The van der Waals surface area contributed by atoms with E-state index in [9.17, 15) is 23.6 Å². The Bertz CT molecular complexity index is 1530. The lowest BCUT2D eigenvalue weighted by molar-refractivity contribution is 0.0853. The number of rotatable bonds is 14. The summed E-state index contributed by atoms with van der Waals surface area (Å²) in [6.07, 6.45) is 0. The molecule has 0 radical (unpaired) electrons. The van der Waals surface area contributed by atoms with Gasteiger partial charge in [-0.1, -0.05) is 12.1 Å². The average molecular weight is 572 g/mol. The molecule has 0 amide bonds. The van der Waals surface area contributed by atoms with Crippen LogP contribution in [0.1, 0.15) is 16.7 Å². The van der Waals surface area contributed by atoms with Gasteiger partial charge in [-0.15, -0.1) is 5.11 Å². The second-order valence-corrected chi connectivity index (χ2v) is 10.00. The second-order valence-electron chi connectivity index (χ2n) is 8.23. The summed E-state index contributed by atoms with van der Waals surface area (Å²) in [5.74, 6) is 0.0932. The van der Waals surface area contributed by atoms with Crippen molar-refractivity contribution in [2.24, 2.45) is 10.2 Å². The van der Waals surface area contributed by atoms with Crippen molar-refractivity contribution in [3.05, 3.63) is 75.6 Å². The van der Waals surface area contributed by atoms with E-state index >= 15 is 0 Å². The van der Waals surface area contributed by atoms with Crippen LogP contribution < -0.4 is 15.0 Å². The highest BCUT2D eigenvalue weighted by atomic mass is 32.2. The Balaban J connectivity index is 1.84. The quantitative estimate of drug-likeness (QED) is 0.193. The van der Waals surface area contributed by atoms with Crippen molar-refractivity contribution in [1.29, 1.82) is 5.26 Å². The molecule has 0 fully saturated rings. The van der Waals surface area contributed by atoms with Gasteiger partial charge in [0.05, 0.1) is 50.7 Å². The normalized spacial score (nSPS) is 11.6. The zero-order valence-corrected chi connectivity index (χ0v) is 22.7. The largest absolute Gasteiger partial charge is 0.497 e. The number of aliphatic hydroxyl groups excluding tert-OH is 1. The van der Waals surface area contributed by atoms with Crippen molar-refractivity contribution < 1.29 is 32.8 Å². The number of benzene rings is 2. The Labute approximate surface area is 231 Å². The number of hydrogen-bond donors (Lipinski definition) is 3. The Morgan fingerprint density at radius 1 is 1.05 bits per heavy atom. The third-order valence-electron chi connectivity index (χ3n) is 5.65. The third-order valence-corrected chi connectivity index (χ3v) is 7.06. The maximum absolute atomic E-state index is 13.1. The van der Waals surface area contributed by atoms with Crippen molar-refractivity contribution in [3.63, 3.8) is 0 Å². The van der Waals surface area contributed by atoms with Crippen LogP contribution in [0.25, 0.3) is 0 Å². The van der Waals surface area contributed by atoms with Crippen LogP contribution in [-0.2, 0) is 39.2 Å². The van der Waals surface area contributed by atoms with E-state index in [1.807, 2.05) is 6.07 Å². The number of nitrogens with one attached hydrogen (secondary N) is 1. The van der Waals surface area contributed by atoms with Gasteiger partial charge in [0.15, 0.2) is 5.69 Å². The molecule has 0 bridgehead atoms. The van der Waals surface area contributed by atoms with E-state index in [1.54, 1.807) is 31.4 Å². The SMILES string of the molecule is COCc1c(C#N)c(O)n(CCOCCO)c(=O)c1N=Nc1ccc(S(=O)(=O)NCc2ccc(OC)cc2)cc1. The van der Waals surface area contributed by atoms with Crippen LogP contribution in [0.5, 0.6) is 11.6 Å². The van der Waals surface area contributed by atoms with Crippen LogP contribution in [0.2, 0.25) is 0 Å². The van der Waals surface area contributed by atoms with Gasteiger partial charge in [-0.05, 0) is 42.0 Å². The van der Waals surface area contributed by atoms with Gasteiger partial charge in [0.2, 0.25) is 15.9 Å². The first-order chi connectivity index (χ1) is 19.2.